The first-order valence-corrected chi connectivity index (χ1v) is 12.2. The second kappa shape index (κ2) is 9.75. The van der Waals surface area contributed by atoms with Crippen molar-refractivity contribution < 1.29 is 9.21 Å². The quantitative estimate of drug-likeness (QED) is 0.480. The number of nitrogens with zero attached hydrogens (tertiary/aromatic N) is 3. The van der Waals surface area contributed by atoms with Crippen LogP contribution in [0.4, 0.5) is 0 Å². The Morgan fingerprint density at radius 2 is 1.88 bits per heavy atom. The summed E-state index contributed by atoms with van der Waals surface area (Å²) < 4.78 is 7.36. The number of hydrogen-bond acceptors (Lipinski definition) is 4. The summed E-state index contributed by atoms with van der Waals surface area (Å²) in [6.45, 7) is 1.72. The SMILES string of the molecule is O=C(NN1CCCCCC1)c1nn(-c2ccc(Cl)cc2Cl)c2c1CCC/C2=C\c1ccco1. The molecular weight excluding hydrogens is 459 g/mol. The van der Waals surface area contributed by atoms with Crippen molar-refractivity contribution in [3.63, 3.8) is 0 Å². The Morgan fingerprint density at radius 1 is 1.06 bits per heavy atom. The minimum absolute atomic E-state index is 0.170. The van der Waals surface area contributed by atoms with Gasteiger partial charge in [-0.05, 0) is 74.1 Å². The van der Waals surface area contributed by atoms with Gasteiger partial charge in [-0.15, -0.1) is 0 Å². The molecule has 3 aromatic rings. The molecule has 2 aromatic heterocycles. The van der Waals surface area contributed by atoms with Crippen molar-refractivity contribution in [1.29, 1.82) is 0 Å². The molecule has 172 valence electrons. The van der Waals surface area contributed by atoms with Gasteiger partial charge in [-0.2, -0.15) is 5.10 Å². The summed E-state index contributed by atoms with van der Waals surface area (Å²) in [6.07, 6.45) is 10.8. The first-order chi connectivity index (χ1) is 16.1. The van der Waals surface area contributed by atoms with Crippen LogP contribution >= 0.6 is 23.2 Å². The maximum absolute atomic E-state index is 13.4. The molecular formula is C25H26Cl2N4O2. The van der Waals surface area contributed by atoms with Crippen LogP contribution < -0.4 is 5.43 Å². The molecule has 1 aromatic carbocycles. The Balaban J connectivity index is 1.59. The van der Waals surface area contributed by atoms with Gasteiger partial charge < -0.3 is 4.42 Å². The van der Waals surface area contributed by atoms with E-state index >= 15 is 0 Å². The smallest absolute Gasteiger partial charge is 0.286 e. The maximum atomic E-state index is 13.4. The average molecular weight is 485 g/mol. The zero-order chi connectivity index (χ0) is 22.8. The molecule has 5 rings (SSSR count). The highest BCUT2D eigenvalue weighted by atomic mass is 35.5. The van der Waals surface area contributed by atoms with Crippen LogP contribution in [0.1, 0.15) is 66.0 Å². The number of fused-ring (bicyclic) bond motifs is 1. The predicted octanol–water partition coefficient (Wildman–Crippen LogP) is 6.17. The van der Waals surface area contributed by atoms with Crippen LogP contribution in [0.2, 0.25) is 10.0 Å². The number of rotatable bonds is 4. The maximum Gasteiger partial charge on any atom is 0.286 e. The van der Waals surface area contributed by atoms with Crippen LogP contribution in [0.15, 0.2) is 41.0 Å². The summed E-state index contributed by atoms with van der Waals surface area (Å²) in [4.78, 5) is 13.4. The molecule has 1 N–H and O–H groups in total. The van der Waals surface area contributed by atoms with Crippen molar-refractivity contribution >= 4 is 40.8 Å². The second-order valence-corrected chi connectivity index (χ2v) is 9.41. The van der Waals surface area contributed by atoms with Crippen molar-refractivity contribution in [2.24, 2.45) is 0 Å². The second-order valence-electron chi connectivity index (χ2n) is 8.56. The van der Waals surface area contributed by atoms with E-state index in [0.29, 0.717) is 21.4 Å². The van der Waals surface area contributed by atoms with Crippen molar-refractivity contribution in [2.75, 3.05) is 13.1 Å². The number of aromatic nitrogens is 2. The number of halogens is 2. The molecule has 0 spiro atoms. The normalized spacial score (nSPS) is 18.2. The molecule has 0 atom stereocenters. The van der Waals surface area contributed by atoms with Gasteiger partial charge in [0.05, 0.1) is 22.7 Å². The number of furan rings is 1. The monoisotopic (exact) mass is 484 g/mol. The third-order valence-corrected chi connectivity index (χ3v) is 6.78. The Morgan fingerprint density at radius 3 is 2.61 bits per heavy atom. The van der Waals surface area contributed by atoms with Crippen LogP contribution in [0, 0.1) is 0 Å². The molecule has 1 saturated heterocycles. The highest BCUT2D eigenvalue weighted by Crippen LogP contribution is 2.37. The van der Waals surface area contributed by atoms with Gasteiger partial charge in [-0.25, -0.2) is 9.69 Å². The molecule has 8 heteroatoms. The molecule has 3 heterocycles. The van der Waals surface area contributed by atoms with Crippen LogP contribution in [0.3, 0.4) is 0 Å². The van der Waals surface area contributed by atoms with Crippen molar-refractivity contribution in [1.82, 2.24) is 20.2 Å². The van der Waals surface area contributed by atoms with Gasteiger partial charge in [-0.3, -0.25) is 10.2 Å². The van der Waals surface area contributed by atoms with Crippen LogP contribution in [0.25, 0.3) is 17.3 Å². The summed E-state index contributed by atoms with van der Waals surface area (Å²) in [5, 5.41) is 7.86. The van der Waals surface area contributed by atoms with Gasteiger partial charge >= 0.3 is 0 Å². The Kier molecular flexibility index (Phi) is 6.58. The highest BCUT2D eigenvalue weighted by molar-refractivity contribution is 6.35. The van der Waals surface area contributed by atoms with E-state index < -0.39 is 0 Å². The Bertz CT molecular complexity index is 1180. The van der Waals surface area contributed by atoms with E-state index in [-0.39, 0.29) is 5.91 Å². The molecule has 6 nitrogen and oxygen atoms in total. The fraction of sp³-hybridized carbons (Fsp3) is 0.360. The number of hydrazine groups is 1. The summed E-state index contributed by atoms with van der Waals surface area (Å²) in [6, 6.07) is 9.11. The summed E-state index contributed by atoms with van der Waals surface area (Å²) in [7, 11) is 0. The first kappa shape index (κ1) is 22.3. The van der Waals surface area contributed by atoms with Gasteiger partial charge in [0.1, 0.15) is 5.76 Å². The minimum Gasteiger partial charge on any atom is -0.465 e. The Hall–Kier alpha value is -2.54. The lowest BCUT2D eigenvalue weighted by Gasteiger charge is -2.21. The van der Waals surface area contributed by atoms with E-state index in [1.165, 1.54) is 12.8 Å². The summed E-state index contributed by atoms with van der Waals surface area (Å²) in [5.74, 6) is 0.597. The van der Waals surface area contributed by atoms with E-state index in [9.17, 15) is 4.79 Å². The summed E-state index contributed by atoms with van der Waals surface area (Å²) >= 11 is 12.7. The number of carbonyl (C=O) groups is 1. The Labute approximate surface area is 203 Å². The largest absolute Gasteiger partial charge is 0.465 e. The number of allylic oxidation sites excluding steroid dienone is 1. The summed E-state index contributed by atoms with van der Waals surface area (Å²) in [5.41, 5.74) is 7.16. The molecule has 0 saturated carbocycles. The minimum atomic E-state index is -0.170. The van der Waals surface area contributed by atoms with Gasteiger partial charge in [-0.1, -0.05) is 36.0 Å². The first-order valence-electron chi connectivity index (χ1n) is 11.5. The van der Waals surface area contributed by atoms with Crippen LogP contribution in [-0.4, -0.2) is 33.8 Å². The van der Waals surface area contributed by atoms with Crippen molar-refractivity contribution in [3.05, 3.63) is 69.4 Å². The lowest BCUT2D eigenvalue weighted by Crippen LogP contribution is -2.43. The standard InChI is InChI=1S/C25H26Cl2N4O2/c26-18-10-11-22(21(27)16-18)31-24-17(15-19-8-6-14-33-19)7-5-9-20(24)23(28-31)25(32)29-30-12-3-1-2-4-13-30/h6,8,10-11,14-16H,1-5,7,9,12-13H2,(H,29,32)/b17-15+. The molecule has 0 radical (unpaired) electrons. The zero-order valence-electron chi connectivity index (χ0n) is 18.3. The van der Waals surface area contributed by atoms with E-state index in [1.807, 2.05) is 29.3 Å². The van der Waals surface area contributed by atoms with Gasteiger partial charge in [0, 0.05) is 23.7 Å². The van der Waals surface area contributed by atoms with Gasteiger partial charge in [0.25, 0.3) is 5.91 Å². The molecule has 2 aliphatic rings. The number of carbonyl (C=O) groups excluding carboxylic acids is 1. The van der Waals surface area contributed by atoms with Crippen molar-refractivity contribution in [2.45, 2.75) is 44.9 Å². The van der Waals surface area contributed by atoms with Crippen LogP contribution in [0.5, 0.6) is 0 Å². The lowest BCUT2D eigenvalue weighted by atomic mass is 9.90. The average Bonchev–Trinajstić information content (AvgIpc) is 3.37. The molecule has 1 aliphatic carbocycles. The van der Waals surface area contributed by atoms with Crippen LogP contribution in [-0.2, 0) is 6.42 Å². The van der Waals surface area contributed by atoms with E-state index in [4.69, 9.17) is 32.7 Å². The molecule has 1 fully saturated rings. The molecule has 0 bridgehead atoms. The van der Waals surface area contributed by atoms with E-state index in [2.05, 4.69) is 5.43 Å². The number of nitrogens with one attached hydrogen (secondary N) is 1. The highest BCUT2D eigenvalue weighted by Gasteiger charge is 2.30. The zero-order valence-corrected chi connectivity index (χ0v) is 19.8. The van der Waals surface area contributed by atoms with Gasteiger partial charge in [0.15, 0.2) is 5.69 Å². The number of hydrogen-bond donors (Lipinski definition) is 1. The van der Waals surface area contributed by atoms with Crippen molar-refractivity contribution in [3.8, 4) is 5.69 Å². The predicted molar refractivity (Wildman–Crippen MR) is 131 cm³/mol. The molecule has 0 unspecified atom stereocenters. The fourth-order valence-electron chi connectivity index (χ4n) is 4.67. The van der Waals surface area contributed by atoms with E-state index in [0.717, 1.165) is 67.8 Å². The lowest BCUT2D eigenvalue weighted by molar-refractivity contribution is 0.0787. The molecule has 1 aliphatic heterocycles. The topological polar surface area (TPSA) is 63.3 Å². The number of amides is 1. The number of benzene rings is 1. The molecule has 1 amide bonds. The van der Waals surface area contributed by atoms with E-state index in [1.54, 1.807) is 23.1 Å². The fourth-order valence-corrected chi connectivity index (χ4v) is 5.15. The third kappa shape index (κ3) is 4.74. The molecule has 33 heavy (non-hydrogen) atoms. The van der Waals surface area contributed by atoms with Gasteiger partial charge in [0.2, 0.25) is 0 Å². The third-order valence-electron chi connectivity index (χ3n) is 6.24.